The highest BCUT2D eigenvalue weighted by Crippen LogP contribution is 2.65. The van der Waals surface area contributed by atoms with E-state index >= 15 is 0 Å². The number of benzene rings is 1. The lowest BCUT2D eigenvalue weighted by Crippen LogP contribution is -2.37. The molecule has 1 aromatic heterocycles. The molecule has 6 nitrogen and oxygen atoms in total. The van der Waals surface area contributed by atoms with Crippen LogP contribution in [0, 0.1) is 12.3 Å². The molecule has 0 N–H and O–H groups in total. The summed E-state index contributed by atoms with van der Waals surface area (Å²) in [5.74, 6) is -2.87. The van der Waals surface area contributed by atoms with Crippen LogP contribution in [-0.4, -0.2) is 44.2 Å². The Bertz CT molecular complexity index is 1030. The summed E-state index contributed by atoms with van der Waals surface area (Å²) in [6, 6.07) is 7.89. The number of hydrogen-bond acceptors (Lipinski definition) is 3. The van der Waals surface area contributed by atoms with Crippen LogP contribution in [0.25, 0.3) is 0 Å². The number of aromatic nitrogens is 3. The van der Waals surface area contributed by atoms with Crippen LogP contribution in [0.15, 0.2) is 29.1 Å². The molecule has 5 rings (SSSR count). The summed E-state index contributed by atoms with van der Waals surface area (Å²) in [6.07, 6.45) is 1.53. The summed E-state index contributed by atoms with van der Waals surface area (Å²) in [7, 11) is 0. The zero-order valence-corrected chi connectivity index (χ0v) is 16.4. The molecule has 154 valence electrons. The van der Waals surface area contributed by atoms with Crippen LogP contribution in [0.4, 0.5) is 8.78 Å². The van der Waals surface area contributed by atoms with Gasteiger partial charge in [-0.25, -0.2) is 18.3 Å². The molecule has 3 heterocycles. The molecule has 1 saturated heterocycles. The number of halogens is 2. The fourth-order valence-corrected chi connectivity index (χ4v) is 4.82. The molecule has 0 radical (unpaired) electrons. The van der Waals surface area contributed by atoms with Crippen LogP contribution in [0.2, 0.25) is 0 Å². The van der Waals surface area contributed by atoms with Crippen molar-refractivity contribution in [2.75, 3.05) is 13.1 Å². The van der Waals surface area contributed by atoms with Gasteiger partial charge in [-0.1, -0.05) is 29.8 Å². The van der Waals surface area contributed by atoms with E-state index in [1.165, 1.54) is 4.68 Å². The number of likely N-dealkylation sites (tertiary alicyclic amines) is 1. The predicted molar refractivity (Wildman–Crippen MR) is 102 cm³/mol. The largest absolute Gasteiger partial charge is 0.346 e. The molecular formula is C21H24F2N4O2. The third-order valence-corrected chi connectivity index (χ3v) is 6.77. The van der Waals surface area contributed by atoms with E-state index in [4.69, 9.17) is 0 Å². The summed E-state index contributed by atoms with van der Waals surface area (Å²) in [5, 5.41) is 4.49. The molecule has 1 spiro atoms. The second-order valence-corrected chi connectivity index (χ2v) is 8.80. The maximum absolute atomic E-state index is 13.7. The molecule has 2 fully saturated rings. The number of amides is 1. The van der Waals surface area contributed by atoms with E-state index in [0.717, 1.165) is 11.1 Å². The number of carbonyl (C=O) groups excluding carboxylic acids is 1. The number of alkyl halides is 2. The summed E-state index contributed by atoms with van der Waals surface area (Å²) in [6.45, 7) is 3.36. The van der Waals surface area contributed by atoms with Crippen molar-refractivity contribution in [3.05, 3.63) is 51.7 Å². The lowest BCUT2D eigenvalue weighted by Gasteiger charge is -2.26. The Morgan fingerprint density at radius 3 is 2.62 bits per heavy atom. The fraction of sp³-hybridized carbons (Fsp3) is 0.571. The number of nitrogens with zero attached hydrogens (tertiary/aromatic N) is 4. The van der Waals surface area contributed by atoms with Crippen LogP contribution >= 0.6 is 0 Å². The lowest BCUT2D eigenvalue weighted by atomic mass is 9.97. The molecule has 2 aliphatic heterocycles. The minimum Gasteiger partial charge on any atom is -0.341 e. The van der Waals surface area contributed by atoms with E-state index in [0.29, 0.717) is 44.7 Å². The van der Waals surface area contributed by atoms with Crippen LogP contribution in [-0.2, 0) is 17.9 Å². The van der Waals surface area contributed by atoms with Gasteiger partial charge in [0.25, 0.3) is 5.92 Å². The topological polar surface area (TPSA) is 60.1 Å². The van der Waals surface area contributed by atoms with Crippen LogP contribution in [0.3, 0.4) is 0 Å². The molecular weight excluding hydrogens is 378 g/mol. The Labute approximate surface area is 167 Å². The molecule has 2 atom stereocenters. The highest BCUT2D eigenvalue weighted by Gasteiger charge is 2.73. The maximum atomic E-state index is 13.7. The van der Waals surface area contributed by atoms with Crippen molar-refractivity contribution >= 4 is 5.91 Å². The maximum Gasteiger partial charge on any atom is 0.346 e. The zero-order valence-electron chi connectivity index (χ0n) is 16.4. The Hall–Kier alpha value is -2.51. The predicted octanol–water partition coefficient (Wildman–Crippen LogP) is 2.54. The van der Waals surface area contributed by atoms with E-state index in [1.54, 1.807) is 9.47 Å². The highest BCUT2D eigenvalue weighted by molar-refractivity contribution is 5.83. The van der Waals surface area contributed by atoms with Crippen LogP contribution < -0.4 is 5.69 Å². The van der Waals surface area contributed by atoms with E-state index in [-0.39, 0.29) is 24.6 Å². The van der Waals surface area contributed by atoms with Crippen molar-refractivity contribution in [1.29, 1.82) is 0 Å². The second-order valence-electron chi connectivity index (χ2n) is 8.80. The number of hydrogen-bond donors (Lipinski definition) is 0. The average Bonchev–Trinajstić information content (AvgIpc) is 3.00. The van der Waals surface area contributed by atoms with Gasteiger partial charge in [0.1, 0.15) is 5.82 Å². The normalized spacial score (nSPS) is 27.3. The SMILES string of the molecule is Cc1ccc(Cn2nc3n(c2=O)CCCC3C(=O)N2CCC3(C2)CC3(F)F)cc1. The molecule has 8 heteroatoms. The lowest BCUT2D eigenvalue weighted by molar-refractivity contribution is -0.132. The Kier molecular flexibility index (Phi) is 3.98. The molecule has 3 aliphatic rings. The minimum atomic E-state index is -2.65. The zero-order chi connectivity index (χ0) is 20.4. The smallest absolute Gasteiger partial charge is 0.341 e. The fourth-order valence-electron chi connectivity index (χ4n) is 4.82. The summed E-state index contributed by atoms with van der Waals surface area (Å²) in [5.41, 5.74) is 0.876. The highest BCUT2D eigenvalue weighted by atomic mass is 19.3. The number of rotatable bonds is 3. The van der Waals surface area contributed by atoms with Crippen LogP contribution in [0.5, 0.6) is 0 Å². The van der Waals surface area contributed by atoms with Gasteiger partial charge in [-0.2, -0.15) is 5.10 Å². The van der Waals surface area contributed by atoms with Crippen molar-refractivity contribution in [1.82, 2.24) is 19.2 Å². The van der Waals surface area contributed by atoms with Gasteiger partial charge >= 0.3 is 5.69 Å². The van der Waals surface area contributed by atoms with Crippen LogP contribution in [0.1, 0.15) is 48.6 Å². The van der Waals surface area contributed by atoms with Gasteiger partial charge in [0.15, 0.2) is 0 Å². The molecule has 1 saturated carbocycles. The van der Waals surface area contributed by atoms with E-state index in [9.17, 15) is 18.4 Å². The van der Waals surface area contributed by atoms with Crippen molar-refractivity contribution < 1.29 is 13.6 Å². The van der Waals surface area contributed by atoms with Crippen molar-refractivity contribution in [2.24, 2.45) is 5.41 Å². The molecule has 2 unspecified atom stereocenters. The minimum absolute atomic E-state index is 0.115. The monoisotopic (exact) mass is 402 g/mol. The molecule has 1 aliphatic carbocycles. The molecule has 29 heavy (non-hydrogen) atoms. The van der Waals surface area contributed by atoms with Gasteiger partial charge in [-0.05, 0) is 31.7 Å². The third-order valence-electron chi connectivity index (χ3n) is 6.77. The standard InChI is InChI=1S/C21H24F2N4O2/c1-14-4-6-15(7-5-14)11-27-19(29)26-9-2-3-16(17(26)24-27)18(28)25-10-8-20(13-25)12-21(20,22)23/h4-7,16H,2-3,8-13H2,1H3. The van der Waals surface area contributed by atoms with Gasteiger partial charge in [0, 0.05) is 26.1 Å². The second kappa shape index (κ2) is 6.24. The van der Waals surface area contributed by atoms with Gasteiger partial charge in [0.2, 0.25) is 5.91 Å². The van der Waals surface area contributed by atoms with E-state index < -0.39 is 17.3 Å². The Morgan fingerprint density at radius 2 is 1.97 bits per heavy atom. The van der Waals surface area contributed by atoms with Crippen molar-refractivity contribution in [3.8, 4) is 0 Å². The van der Waals surface area contributed by atoms with E-state index in [1.807, 2.05) is 31.2 Å². The Morgan fingerprint density at radius 1 is 1.24 bits per heavy atom. The van der Waals surface area contributed by atoms with Gasteiger partial charge in [0.05, 0.1) is 17.9 Å². The molecule has 1 aromatic carbocycles. The summed E-state index contributed by atoms with van der Waals surface area (Å²) < 4.78 is 30.4. The first-order valence-electron chi connectivity index (χ1n) is 10.2. The number of carbonyl (C=O) groups is 1. The first kappa shape index (κ1) is 18.5. The summed E-state index contributed by atoms with van der Waals surface area (Å²) in [4.78, 5) is 27.5. The quantitative estimate of drug-likeness (QED) is 0.793. The third kappa shape index (κ3) is 2.91. The molecule has 1 amide bonds. The number of aryl methyl sites for hydroxylation is 1. The Balaban J connectivity index is 1.39. The van der Waals surface area contributed by atoms with Gasteiger partial charge in [-0.3, -0.25) is 9.36 Å². The molecule has 2 aromatic rings. The molecule has 0 bridgehead atoms. The van der Waals surface area contributed by atoms with Gasteiger partial charge < -0.3 is 4.90 Å². The van der Waals surface area contributed by atoms with Crippen molar-refractivity contribution in [2.45, 2.75) is 57.5 Å². The van der Waals surface area contributed by atoms with E-state index in [2.05, 4.69) is 5.10 Å². The van der Waals surface area contributed by atoms with Crippen molar-refractivity contribution in [3.63, 3.8) is 0 Å². The summed E-state index contributed by atoms with van der Waals surface area (Å²) >= 11 is 0. The average molecular weight is 402 g/mol. The van der Waals surface area contributed by atoms with Gasteiger partial charge in [-0.15, -0.1) is 0 Å². The first-order chi connectivity index (χ1) is 13.8. The number of fused-ring (bicyclic) bond motifs is 1. The first-order valence-corrected chi connectivity index (χ1v) is 10.2.